The molecule has 0 spiro atoms. The molecule has 4 heteroatoms. The number of hydrogen-bond acceptors (Lipinski definition) is 4. The molecular formula is C13H23N3O. The van der Waals surface area contributed by atoms with Crippen LogP contribution in [-0.2, 0) is 6.54 Å². The second-order valence-electron chi connectivity index (χ2n) is 5.47. The molecule has 0 aliphatic heterocycles. The summed E-state index contributed by atoms with van der Waals surface area (Å²) in [4.78, 5) is 4.20. The van der Waals surface area contributed by atoms with Crippen LogP contribution in [0.5, 0.6) is 0 Å². The molecule has 0 unspecified atom stereocenters. The fraction of sp³-hybridized carbons (Fsp3) is 0.846. The highest BCUT2D eigenvalue weighted by atomic mass is 16.5. The van der Waals surface area contributed by atoms with Crippen molar-refractivity contribution in [2.24, 2.45) is 11.8 Å². The highest BCUT2D eigenvalue weighted by Gasteiger charge is 2.22. The van der Waals surface area contributed by atoms with E-state index in [-0.39, 0.29) is 0 Å². The Kier molecular flexibility index (Phi) is 4.15. The van der Waals surface area contributed by atoms with Crippen molar-refractivity contribution in [3.8, 4) is 0 Å². The normalized spacial score (nSPS) is 25.4. The number of aromatic nitrogens is 2. The van der Waals surface area contributed by atoms with Crippen LogP contribution in [0.25, 0.3) is 0 Å². The predicted octanol–water partition coefficient (Wildman–Crippen LogP) is 2.68. The minimum absolute atomic E-state index is 0.629. The van der Waals surface area contributed by atoms with E-state index in [9.17, 15) is 0 Å². The summed E-state index contributed by atoms with van der Waals surface area (Å²) < 4.78 is 4.95. The zero-order chi connectivity index (χ0) is 12.3. The zero-order valence-electron chi connectivity index (χ0n) is 11.1. The molecule has 2 rings (SSSR count). The molecule has 0 bridgehead atoms. The van der Waals surface area contributed by atoms with Crippen LogP contribution in [0.3, 0.4) is 0 Å². The van der Waals surface area contributed by atoms with Crippen LogP contribution in [0.2, 0.25) is 0 Å². The van der Waals surface area contributed by atoms with Crippen LogP contribution in [0.15, 0.2) is 4.52 Å². The molecule has 0 aromatic carbocycles. The second-order valence-corrected chi connectivity index (χ2v) is 5.47. The van der Waals surface area contributed by atoms with Gasteiger partial charge in [0.05, 0.1) is 6.54 Å². The van der Waals surface area contributed by atoms with Crippen molar-refractivity contribution in [1.29, 1.82) is 0 Å². The van der Waals surface area contributed by atoms with Gasteiger partial charge in [0, 0.05) is 13.0 Å². The summed E-state index contributed by atoms with van der Waals surface area (Å²) in [5, 5.41) is 7.42. The van der Waals surface area contributed by atoms with Crippen molar-refractivity contribution in [2.75, 3.05) is 0 Å². The second kappa shape index (κ2) is 5.63. The number of aryl methyl sites for hydroxylation is 1. The monoisotopic (exact) mass is 237 g/mol. The van der Waals surface area contributed by atoms with Crippen molar-refractivity contribution in [3.63, 3.8) is 0 Å². The lowest BCUT2D eigenvalue weighted by Gasteiger charge is -2.31. The van der Waals surface area contributed by atoms with Crippen molar-refractivity contribution in [1.82, 2.24) is 15.5 Å². The van der Waals surface area contributed by atoms with Crippen molar-refractivity contribution in [2.45, 2.75) is 59.0 Å². The lowest BCUT2D eigenvalue weighted by molar-refractivity contribution is 0.237. The van der Waals surface area contributed by atoms with Gasteiger partial charge in [0.15, 0.2) is 5.82 Å². The van der Waals surface area contributed by atoms with Gasteiger partial charge in [-0.1, -0.05) is 19.0 Å². The van der Waals surface area contributed by atoms with Gasteiger partial charge in [-0.15, -0.1) is 0 Å². The summed E-state index contributed by atoms with van der Waals surface area (Å²) in [5.41, 5.74) is 0. The van der Waals surface area contributed by atoms with Crippen molar-refractivity contribution >= 4 is 0 Å². The lowest BCUT2D eigenvalue weighted by atomic mass is 9.80. The van der Waals surface area contributed by atoms with Crippen LogP contribution in [-0.4, -0.2) is 16.2 Å². The van der Waals surface area contributed by atoms with Gasteiger partial charge in [0.2, 0.25) is 5.89 Å². The molecule has 1 saturated carbocycles. The molecule has 4 nitrogen and oxygen atoms in total. The Morgan fingerprint density at radius 3 is 2.53 bits per heavy atom. The van der Waals surface area contributed by atoms with E-state index < -0.39 is 0 Å². The summed E-state index contributed by atoms with van der Waals surface area (Å²) in [7, 11) is 0. The maximum Gasteiger partial charge on any atom is 0.223 e. The maximum atomic E-state index is 4.95. The molecule has 1 aliphatic carbocycles. The van der Waals surface area contributed by atoms with Crippen LogP contribution in [0, 0.1) is 18.8 Å². The average Bonchev–Trinajstić information content (AvgIpc) is 2.73. The minimum Gasteiger partial charge on any atom is -0.340 e. The molecule has 0 saturated heterocycles. The number of nitrogens with zero attached hydrogens (tertiary/aromatic N) is 2. The molecule has 1 aliphatic rings. The van der Waals surface area contributed by atoms with Gasteiger partial charge in [-0.3, -0.25) is 0 Å². The zero-order valence-corrected chi connectivity index (χ0v) is 11.1. The molecule has 1 aromatic heterocycles. The number of nitrogens with one attached hydrogen (secondary N) is 1. The van der Waals surface area contributed by atoms with E-state index in [0.717, 1.165) is 24.2 Å². The van der Waals surface area contributed by atoms with Crippen LogP contribution in [0.1, 0.15) is 51.2 Å². The van der Waals surface area contributed by atoms with E-state index >= 15 is 0 Å². The first kappa shape index (κ1) is 12.6. The molecule has 0 radical (unpaired) electrons. The molecule has 96 valence electrons. The van der Waals surface area contributed by atoms with Crippen LogP contribution in [0.4, 0.5) is 0 Å². The molecule has 1 aromatic rings. The molecule has 17 heavy (non-hydrogen) atoms. The smallest absolute Gasteiger partial charge is 0.223 e. The summed E-state index contributed by atoms with van der Waals surface area (Å²) in [6.07, 6.45) is 5.25. The summed E-state index contributed by atoms with van der Waals surface area (Å²) in [6.45, 7) is 7.22. The highest BCUT2D eigenvalue weighted by Crippen LogP contribution is 2.29. The van der Waals surface area contributed by atoms with E-state index in [1.807, 2.05) is 6.92 Å². The van der Waals surface area contributed by atoms with E-state index in [0.29, 0.717) is 11.9 Å². The van der Waals surface area contributed by atoms with Gasteiger partial charge in [-0.25, -0.2) is 0 Å². The van der Waals surface area contributed by atoms with E-state index in [1.54, 1.807) is 0 Å². The minimum atomic E-state index is 0.629. The Labute approximate surface area is 103 Å². The third-order valence-corrected chi connectivity index (χ3v) is 3.83. The Bertz CT molecular complexity index is 340. The fourth-order valence-electron chi connectivity index (χ4n) is 2.64. The van der Waals surface area contributed by atoms with Gasteiger partial charge in [0.25, 0.3) is 0 Å². The van der Waals surface area contributed by atoms with Gasteiger partial charge in [-0.2, -0.15) is 4.98 Å². The van der Waals surface area contributed by atoms with E-state index in [1.165, 1.54) is 25.7 Å². The Hall–Kier alpha value is -0.900. The van der Waals surface area contributed by atoms with E-state index in [4.69, 9.17) is 4.52 Å². The quantitative estimate of drug-likeness (QED) is 0.874. The third kappa shape index (κ3) is 3.53. The highest BCUT2D eigenvalue weighted by molar-refractivity contribution is 4.85. The summed E-state index contributed by atoms with van der Waals surface area (Å²) >= 11 is 0. The van der Waals surface area contributed by atoms with Crippen LogP contribution < -0.4 is 5.32 Å². The molecular weight excluding hydrogens is 214 g/mol. The van der Waals surface area contributed by atoms with Crippen molar-refractivity contribution < 1.29 is 4.52 Å². The van der Waals surface area contributed by atoms with Gasteiger partial charge in [0.1, 0.15) is 0 Å². The summed E-state index contributed by atoms with van der Waals surface area (Å²) in [5.74, 6) is 3.16. The first-order valence-electron chi connectivity index (χ1n) is 6.67. The number of rotatable bonds is 4. The SMILES string of the molecule is Cc1nc(CNC2CCC(C(C)C)CC2)no1. The largest absolute Gasteiger partial charge is 0.340 e. The Morgan fingerprint density at radius 1 is 1.29 bits per heavy atom. The average molecular weight is 237 g/mol. The van der Waals surface area contributed by atoms with Crippen LogP contribution >= 0.6 is 0 Å². The molecule has 1 heterocycles. The molecule has 0 amide bonds. The topological polar surface area (TPSA) is 51.0 Å². The predicted molar refractivity (Wildman–Crippen MR) is 66.5 cm³/mol. The summed E-state index contributed by atoms with van der Waals surface area (Å²) in [6, 6.07) is 0.629. The molecule has 0 atom stereocenters. The van der Waals surface area contributed by atoms with Gasteiger partial charge in [-0.05, 0) is 37.5 Å². The fourth-order valence-corrected chi connectivity index (χ4v) is 2.64. The third-order valence-electron chi connectivity index (χ3n) is 3.83. The van der Waals surface area contributed by atoms with Gasteiger partial charge >= 0.3 is 0 Å². The molecule has 1 N–H and O–H groups in total. The Morgan fingerprint density at radius 2 is 2.00 bits per heavy atom. The first-order valence-corrected chi connectivity index (χ1v) is 6.67. The lowest BCUT2D eigenvalue weighted by Crippen LogP contribution is -2.34. The van der Waals surface area contributed by atoms with Crippen molar-refractivity contribution in [3.05, 3.63) is 11.7 Å². The van der Waals surface area contributed by atoms with Gasteiger partial charge < -0.3 is 9.84 Å². The first-order chi connectivity index (χ1) is 8.15. The molecule has 1 fully saturated rings. The Balaban J connectivity index is 1.71. The van der Waals surface area contributed by atoms with E-state index in [2.05, 4.69) is 29.3 Å². The standard InChI is InChI=1S/C13H23N3O/c1-9(2)11-4-6-12(7-5-11)14-8-13-15-10(3)17-16-13/h9,11-12,14H,4-8H2,1-3H3. The maximum absolute atomic E-state index is 4.95. The number of hydrogen-bond donors (Lipinski definition) is 1.